The number of benzene rings is 1. The number of amides is 2. The van der Waals surface area contributed by atoms with Crippen LogP contribution in [0.5, 0.6) is 0 Å². The minimum atomic E-state index is -0.522. The van der Waals surface area contributed by atoms with Gasteiger partial charge in [-0.05, 0) is 106 Å². The lowest BCUT2D eigenvalue weighted by Gasteiger charge is -2.45. The van der Waals surface area contributed by atoms with Crippen molar-refractivity contribution in [1.82, 2.24) is 30.4 Å². The summed E-state index contributed by atoms with van der Waals surface area (Å²) in [7, 11) is 0. The van der Waals surface area contributed by atoms with Crippen molar-refractivity contribution in [3.05, 3.63) is 41.2 Å². The fourth-order valence-electron chi connectivity index (χ4n) is 7.21. The molecule has 1 aromatic heterocycles. The first-order valence-electron chi connectivity index (χ1n) is 16.1. The molecule has 3 fully saturated rings. The summed E-state index contributed by atoms with van der Waals surface area (Å²) in [5, 5.41) is 15.3. The Morgan fingerprint density at radius 1 is 1.00 bits per heavy atom. The second kappa shape index (κ2) is 14.2. The molecule has 0 spiro atoms. The Hall–Kier alpha value is -3.27. The number of hydrogen-bond donors (Lipinski definition) is 1. The van der Waals surface area contributed by atoms with E-state index in [-0.39, 0.29) is 35.7 Å². The smallest absolute Gasteiger partial charge is 0.309 e. The number of tetrazole rings is 1. The SMILES string of the molecule is CC(C)(C)OC(=O)C1CCC(NC(=O)C2C(C3CCCCC3)CCCN2C(=O)C=Cc2cc(Cl)ccc2-n2cnnn2)CC1. The molecule has 0 radical (unpaired) electrons. The fourth-order valence-corrected chi connectivity index (χ4v) is 7.39. The number of nitrogens with one attached hydrogen (secondary N) is 1. The van der Waals surface area contributed by atoms with Crippen molar-refractivity contribution in [2.45, 2.75) is 109 Å². The number of ether oxygens (including phenoxy) is 1. The van der Waals surface area contributed by atoms with Gasteiger partial charge in [-0.2, -0.15) is 4.68 Å². The summed E-state index contributed by atoms with van der Waals surface area (Å²) < 4.78 is 7.13. The molecule has 1 aromatic carbocycles. The van der Waals surface area contributed by atoms with E-state index in [2.05, 4.69) is 20.8 Å². The Bertz CT molecular complexity index is 1330. The number of likely N-dealkylation sites (tertiary alicyclic amines) is 1. The van der Waals surface area contributed by atoms with Gasteiger partial charge in [-0.25, -0.2) is 0 Å². The standard InChI is InChI=1S/C33H45ClN6O4/c1-33(2,3)44-32(43)23-11-15-26(16-12-23)36-31(42)30-27(22-8-5-4-6-9-22)10-7-19-39(30)29(41)18-13-24-20-25(34)14-17-28(24)40-21-35-37-38-40/h13-14,17-18,20-23,26-27,30H,4-12,15-16,19H2,1-3H3,(H,36,42). The van der Waals surface area contributed by atoms with Crippen LogP contribution < -0.4 is 5.32 Å². The summed E-state index contributed by atoms with van der Waals surface area (Å²) in [4.78, 5) is 42.3. The molecule has 0 bridgehead atoms. The highest BCUT2D eigenvalue weighted by molar-refractivity contribution is 6.30. The van der Waals surface area contributed by atoms with Gasteiger partial charge in [-0.15, -0.1) is 5.10 Å². The molecule has 2 aliphatic carbocycles. The van der Waals surface area contributed by atoms with E-state index < -0.39 is 11.6 Å². The van der Waals surface area contributed by atoms with Crippen molar-refractivity contribution in [3.63, 3.8) is 0 Å². The van der Waals surface area contributed by atoms with E-state index in [1.54, 1.807) is 29.2 Å². The monoisotopic (exact) mass is 624 g/mol. The number of carbonyl (C=O) groups is 3. The van der Waals surface area contributed by atoms with Crippen LogP contribution in [-0.2, 0) is 19.1 Å². The number of esters is 1. The second-order valence-electron chi connectivity index (χ2n) is 13.6. The van der Waals surface area contributed by atoms with Crippen molar-refractivity contribution < 1.29 is 19.1 Å². The zero-order valence-corrected chi connectivity index (χ0v) is 26.8. The van der Waals surface area contributed by atoms with Gasteiger partial charge in [0.25, 0.3) is 0 Å². The van der Waals surface area contributed by atoms with Gasteiger partial charge in [0.2, 0.25) is 11.8 Å². The average molecular weight is 625 g/mol. The van der Waals surface area contributed by atoms with Crippen LogP contribution in [0.4, 0.5) is 0 Å². The van der Waals surface area contributed by atoms with Crippen LogP contribution in [0.2, 0.25) is 5.02 Å². The Morgan fingerprint density at radius 3 is 2.43 bits per heavy atom. The van der Waals surface area contributed by atoms with Gasteiger partial charge in [0.05, 0.1) is 11.6 Å². The molecule has 1 saturated heterocycles. The number of nitrogens with zero attached hydrogens (tertiary/aromatic N) is 5. The third kappa shape index (κ3) is 8.06. The molecule has 3 aliphatic rings. The van der Waals surface area contributed by atoms with Crippen LogP contribution in [0.3, 0.4) is 0 Å². The average Bonchev–Trinajstić information content (AvgIpc) is 3.54. The highest BCUT2D eigenvalue weighted by atomic mass is 35.5. The van der Waals surface area contributed by atoms with Gasteiger partial charge in [0, 0.05) is 29.2 Å². The Balaban J connectivity index is 1.31. The van der Waals surface area contributed by atoms with Crippen molar-refractivity contribution >= 4 is 35.5 Å². The predicted octanol–water partition coefficient (Wildman–Crippen LogP) is 5.53. The maximum atomic E-state index is 14.1. The van der Waals surface area contributed by atoms with Crippen LogP contribution in [-0.4, -0.2) is 67.1 Å². The van der Waals surface area contributed by atoms with E-state index in [1.807, 2.05) is 20.8 Å². The summed E-state index contributed by atoms with van der Waals surface area (Å²) in [5.41, 5.74) is 0.879. The molecule has 44 heavy (non-hydrogen) atoms. The zero-order chi connectivity index (χ0) is 31.3. The van der Waals surface area contributed by atoms with E-state index in [4.69, 9.17) is 16.3 Å². The minimum Gasteiger partial charge on any atom is -0.460 e. The maximum absolute atomic E-state index is 14.1. The zero-order valence-electron chi connectivity index (χ0n) is 26.1. The van der Waals surface area contributed by atoms with Gasteiger partial charge in [0.1, 0.15) is 18.0 Å². The molecule has 2 unspecified atom stereocenters. The molecule has 2 heterocycles. The highest BCUT2D eigenvalue weighted by Crippen LogP contribution is 2.39. The van der Waals surface area contributed by atoms with E-state index in [9.17, 15) is 14.4 Å². The molecule has 1 aliphatic heterocycles. The minimum absolute atomic E-state index is 0.0204. The van der Waals surface area contributed by atoms with Crippen molar-refractivity contribution in [2.75, 3.05) is 6.54 Å². The van der Waals surface area contributed by atoms with E-state index in [0.29, 0.717) is 41.6 Å². The third-order valence-electron chi connectivity index (χ3n) is 9.29. The van der Waals surface area contributed by atoms with Gasteiger partial charge in [-0.3, -0.25) is 14.4 Å². The predicted molar refractivity (Wildman–Crippen MR) is 168 cm³/mol. The number of piperidine rings is 1. The van der Waals surface area contributed by atoms with Crippen molar-refractivity contribution in [3.8, 4) is 5.69 Å². The fraction of sp³-hybridized carbons (Fsp3) is 0.636. The van der Waals surface area contributed by atoms with Gasteiger partial charge < -0.3 is 15.0 Å². The molecule has 238 valence electrons. The molecule has 2 atom stereocenters. The van der Waals surface area contributed by atoms with Crippen LogP contribution >= 0.6 is 11.6 Å². The van der Waals surface area contributed by atoms with Crippen LogP contribution in [0.25, 0.3) is 11.8 Å². The molecular weight excluding hydrogens is 580 g/mol. The molecule has 11 heteroatoms. The summed E-state index contributed by atoms with van der Waals surface area (Å²) in [6.07, 6.45) is 15.2. The van der Waals surface area contributed by atoms with E-state index >= 15 is 0 Å². The Labute approximate surface area is 264 Å². The number of carbonyl (C=O) groups excluding carboxylic acids is 3. The van der Waals surface area contributed by atoms with Crippen LogP contribution in [0.15, 0.2) is 30.6 Å². The molecule has 2 amide bonds. The summed E-state index contributed by atoms with van der Waals surface area (Å²) in [6.45, 7) is 6.18. The van der Waals surface area contributed by atoms with Crippen LogP contribution in [0.1, 0.15) is 97.0 Å². The second-order valence-corrected chi connectivity index (χ2v) is 14.0. The number of rotatable bonds is 7. The molecule has 2 saturated carbocycles. The van der Waals surface area contributed by atoms with Crippen LogP contribution in [0, 0.1) is 17.8 Å². The maximum Gasteiger partial charge on any atom is 0.309 e. The van der Waals surface area contributed by atoms with E-state index in [1.165, 1.54) is 36.3 Å². The molecule has 5 rings (SSSR count). The van der Waals surface area contributed by atoms with Gasteiger partial charge in [-0.1, -0.05) is 43.7 Å². The first-order chi connectivity index (χ1) is 21.1. The lowest BCUT2D eigenvalue weighted by Crippen LogP contribution is -2.58. The number of halogens is 1. The van der Waals surface area contributed by atoms with Gasteiger partial charge >= 0.3 is 5.97 Å². The lowest BCUT2D eigenvalue weighted by molar-refractivity contribution is -0.161. The Morgan fingerprint density at radius 2 is 1.75 bits per heavy atom. The molecule has 1 N–H and O–H groups in total. The normalized spacial score (nSPS) is 25.1. The Kier molecular flexibility index (Phi) is 10.4. The quantitative estimate of drug-likeness (QED) is 0.318. The molecule has 2 aromatic rings. The first kappa shape index (κ1) is 32.1. The molecular formula is C33H45ClN6O4. The largest absolute Gasteiger partial charge is 0.460 e. The number of hydrogen-bond acceptors (Lipinski definition) is 7. The van der Waals surface area contributed by atoms with Crippen molar-refractivity contribution in [1.29, 1.82) is 0 Å². The number of aromatic nitrogens is 4. The topological polar surface area (TPSA) is 119 Å². The highest BCUT2D eigenvalue weighted by Gasteiger charge is 2.43. The first-order valence-corrected chi connectivity index (χ1v) is 16.5. The van der Waals surface area contributed by atoms with Gasteiger partial charge in [0.15, 0.2) is 0 Å². The van der Waals surface area contributed by atoms with E-state index in [0.717, 1.165) is 38.5 Å². The van der Waals surface area contributed by atoms with Crippen molar-refractivity contribution in [2.24, 2.45) is 17.8 Å². The third-order valence-corrected chi connectivity index (χ3v) is 9.52. The summed E-state index contributed by atoms with van der Waals surface area (Å²) in [6, 6.07) is 4.77. The lowest BCUT2D eigenvalue weighted by atomic mass is 9.72. The summed E-state index contributed by atoms with van der Waals surface area (Å²) >= 11 is 6.29. The summed E-state index contributed by atoms with van der Waals surface area (Å²) in [5.74, 6) is 0.00367. The molecule has 10 nitrogen and oxygen atoms in total.